The number of furan rings is 1. The Morgan fingerprint density at radius 3 is 2.79 bits per heavy atom. The van der Waals surface area contributed by atoms with Crippen LogP contribution in [0.2, 0.25) is 0 Å². The Bertz CT molecular complexity index is 1520. The van der Waals surface area contributed by atoms with Crippen molar-refractivity contribution in [3.63, 3.8) is 0 Å². The molecule has 0 aliphatic rings. The summed E-state index contributed by atoms with van der Waals surface area (Å²) >= 11 is 2.78. The second-order valence-electron chi connectivity index (χ2n) is 7.41. The van der Waals surface area contributed by atoms with Crippen molar-refractivity contribution in [3.05, 3.63) is 81.3 Å². The summed E-state index contributed by atoms with van der Waals surface area (Å²) in [6.45, 7) is 2.75. The van der Waals surface area contributed by atoms with Gasteiger partial charge in [0.2, 0.25) is 11.5 Å². The summed E-state index contributed by atoms with van der Waals surface area (Å²) < 4.78 is 13.0. The minimum Gasteiger partial charge on any atom is -0.492 e. The maximum atomic E-state index is 13.4. The van der Waals surface area contributed by atoms with E-state index in [9.17, 15) is 9.59 Å². The molecule has 5 rings (SSSR count). The van der Waals surface area contributed by atoms with Gasteiger partial charge in [-0.3, -0.25) is 14.2 Å². The molecule has 0 atom stereocenters. The summed E-state index contributed by atoms with van der Waals surface area (Å²) in [6, 6.07) is 18.6. The maximum Gasteiger partial charge on any atom is 0.298 e. The van der Waals surface area contributed by atoms with Crippen LogP contribution in [0.3, 0.4) is 0 Å². The number of benzene rings is 2. The van der Waals surface area contributed by atoms with Gasteiger partial charge < -0.3 is 14.5 Å². The minimum atomic E-state index is -0.265. The Morgan fingerprint density at radius 1 is 1.15 bits per heavy atom. The molecule has 3 heterocycles. The van der Waals surface area contributed by atoms with E-state index in [1.54, 1.807) is 22.0 Å². The largest absolute Gasteiger partial charge is 0.492 e. The normalized spacial score (nSPS) is 11.2. The Kier molecular flexibility index (Phi) is 6.37. The highest BCUT2D eigenvalue weighted by Gasteiger charge is 2.19. The molecule has 0 bridgehead atoms. The zero-order chi connectivity index (χ0) is 23.5. The predicted molar refractivity (Wildman–Crippen MR) is 136 cm³/mol. The van der Waals surface area contributed by atoms with Crippen molar-refractivity contribution in [1.82, 2.24) is 9.55 Å². The van der Waals surface area contributed by atoms with Crippen LogP contribution in [0.1, 0.15) is 11.8 Å². The number of amides is 1. The van der Waals surface area contributed by atoms with E-state index in [-0.39, 0.29) is 22.8 Å². The molecule has 0 aliphatic heterocycles. The number of carbonyl (C=O) groups is 1. The summed E-state index contributed by atoms with van der Waals surface area (Å²) in [4.78, 5) is 31.9. The summed E-state index contributed by atoms with van der Waals surface area (Å²) in [5.41, 5.74) is 1.68. The van der Waals surface area contributed by atoms with E-state index in [2.05, 4.69) is 5.32 Å². The van der Waals surface area contributed by atoms with Crippen molar-refractivity contribution in [2.45, 2.75) is 18.6 Å². The molecule has 0 aliphatic carbocycles. The third-order valence-electron chi connectivity index (χ3n) is 5.13. The van der Waals surface area contributed by atoms with Crippen LogP contribution in [0.25, 0.3) is 22.1 Å². The molecule has 0 fully saturated rings. The van der Waals surface area contributed by atoms with Gasteiger partial charge in [0.1, 0.15) is 16.8 Å². The highest BCUT2D eigenvalue weighted by atomic mass is 32.2. The third-order valence-corrected chi connectivity index (χ3v) is 6.97. The average molecular weight is 492 g/mol. The van der Waals surface area contributed by atoms with Gasteiger partial charge in [-0.25, -0.2) is 4.98 Å². The van der Waals surface area contributed by atoms with Crippen LogP contribution in [-0.4, -0.2) is 27.8 Å². The van der Waals surface area contributed by atoms with E-state index in [4.69, 9.17) is 14.1 Å². The topological polar surface area (TPSA) is 86.4 Å². The molecule has 1 amide bonds. The number of nitrogens with zero attached hydrogens (tertiary/aromatic N) is 2. The average Bonchev–Trinajstić information content (AvgIpc) is 3.49. The van der Waals surface area contributed by atoms with Crippen molar-refractivity contribution >= 4 is 56.8 Å². The van der Waals surface area contributed by atoms with E-state index in [0.29, 0.717) is 40.8 Å². The lowest BCUT2D eigenvalue weighted by Gasteiger charge is -2.12. The molecule has 2 aromatic carbocycles. The van der Waals surface area contributed by atoms with Gasteiger partial charge in [-0.05, 0) is 42.6 Å². The number of hydrogen-bond donors (Lipinski definition) is 1. The van der Waals surface area contributed by atoms with Gasteiger partial charge in [-0.2, -0.15) is 0 Å². The number of rotatable bonds is 8. The van der Waals surface area contributed by atoms with E-state index >= 15 is 0 Å². The fourth-order valence-corrected chi connectivity index (χ4v) is 5.11. The Morgan fingerprint density at radius 2 is 1.97 bits per heavy atom. The minimum absolute atomic E-state index is 0.0820. The summed E-state index contributed by atoms with van der Waals surface area (Å²) in [6.07, 6.45) is 0. The van der Waals surface area contributed by atoms with Crippen molar-refractivity contribution in [1.29, 1.82) is 0 Å². The van der Waals surface area contributed by atoms with Crippen LogP contribution in [0.5, 0.6) is 5.75 Å². The second-order valence-corrected chi connectivity index (χ2v) is 9.38. The molecular weight excluding hydrogens is 470 g/mol. The van der Waals surface area contributed by atoms with Gasteiger partial charge in [0, 0.05) is 10.3 Å². The smallest absolute Gasteiger partial charge is 0.298 e. The molecule has 172 valence electrons. The number of aromatic nitrogens is 2. The predicted octanol–water partition coefficient (Wildman–Crippen LogP) is 5.38. The molecule has 1 N–H and O–H groups in total. The monoisotopic (exact) mass is 491 g/mol. The molecule has 5 aromatic rings. The van der Waals surface area contributed by atoms with E-state index in [0.717, 1.165) is 10.3 Å². The summed E-state index contributed by atoms with van der Waals surface area (Å²) in [5, 5.41) is 6.09. The van der Waals surface area contributed by atoms with E-state index in [1.165, 1.54) is 11.8 Å². The highest BCUT2D eigenvalue weighted by molar-refractivity contribution is 7.99. The number of thiophene rings is 1. The summed E-state index contributed by atoms with van der Waals surface area (Å²) in [5.74, 6) is 0.479. The number of hydrogen-bond acceptors (Lipinski definition) is 7. The number of nitrogens with one attached hydrogen (secondary N) is 1. The SMILES string of the molecule is CCOc1ccccc1NC(=O)CSc1nc2c(oc3ccccc32)c(=O)n1Cc1cccs1. The zero-order valence-electron chi connectivity index (χ0n) is 18.3. The first-order valence-electron chi connectivity index (χ1n) is 10.7. The number of para-hydroxylation sites is 3. The number of thioether (sulfide) groups is 1. The first kappa shape index (κ1) is 22.2. The number of carbonyl (C=O) groups excluding carboxylic acids is 1. The lowest BCUT2D eigenvalue weighted by atomic mass is 10.2. The van der Waals surface area contributed by atoms with Crippen molar-refractivity contribution in [3.8, 4) is 5.75 Å². The Labute approximate surface area is 203 Å². The van der Waals surface area contributed by atoms with Crippen molar-refractivity contribution in [2.75, 3.05) is 17.7 Å². The van der Waals surface area contributed by atoms with Gasteiger partial charge in [-0.1, -0.05) is 42.1 Å². The fourth-order valence-electron chi connectivity index (χ4n) is 3.63. The molecule has 0 saturated heterocycles. The zero-order valence-corrected chi connectivity index (χ0v) is 19.9. The fraction of sp³-hybridized carbons (Fsp3) is 0.160. The molecule has 34 heavy (non-hydrogen) atoms. The molecule has 3 aromatic heterocycles. The molecule has 0 saturated carbocycles. The van der Waals surface area contributed by atoms with Gasteiger partial charge in [-0.15, -0.1) is 11.3 Å². The molecule has 0 spiro atoms. The van der Waals surface area contributed by atoms with E-state index in [1.807, 2.05) is 66.9 Å². The van der Waals surface area contributed by atoms with Gasteiger partial charge in [0.25, 0.3) is 5.56 Å². The van der Waals surface area contributed by atoms with Crippen LogP contribution in [0, 0.1) is 0 Å². The standard InChI is InChI=1S/C25H21N3O4S2/c1-2-31-20-12-6-4-10-18(20)26-21(29)15-34-25-27-22-17-9-3-5-11-19(17)32-23(22)24(30)28(25)14-16-8-7-13-33-16/h3-13H,2,14-15H2,1H3,(H,26,29). The quantitative estimate of drug-likeness (QED) is 0.232. The van der Waals surface area contributed by atoms with Crippen LogP contribution < -0.4 is 15.6 Å². The van der Waals surface area contributed by atoms with E-state index < -0.39 is 0 Å². The molecule has 0 radical (unpaired) electrons. The molecule has 7 nitrogen and oxygen atoms in total. The number of anilines is 1. The number of fused-ring (bicyclic) bond motifs is 3. The van der Waals surface area contributed by atoms with Crippen molar-refractivity contribution in [2.24, 2.45) is 0 Å². The first-order valence-corrected chi connectivity index (χ1v) is 12.6. The molecular formula is C25H21N3O4S2. The van der Waals surface area contributed by atoms with Crippen LogP contribution in [-0.2, 0) is 11.3 Å². The molecule has 0 unspecified atom stereocenters. The lowest BCUT2D eigenvalue weighted by molar-refractivity contribution is -0.113. The second kappa shape index (κ2) is 9.74. The van der Waals surface area contributed by atoms with Gasteiger partial charge in [0.05, 0.1) is 24.6 Å². The number of ether oxygens (including phenoxy) is 1. The lowest BCUT2D eigenvalue weighted by Crippen LogP contribution is -2.24. The maximum absolute atomic E-state index is 13.4. The summed E-state index contributed by atoms with van der Waals surface area (Å²) in [7, 11) is 0. The van der Waals surface area contributed by atoms with Crippen LogP contribution in [0.4, 0.5) is 5.69 Å². The van der Waals surface area contributed by atoms with Gasteiger partial charge in [0.15, 0.2) is 5.16 Å². The Balaban J connectivity index is 1.47. The third kappa shape index (κ3) is 4.44. The Hall–Kier alpha value is -3.56. The van der Waals surface area contributed by atoms with Crippen molar-refractivity contribution < 1.29 is 13.9 Å². The van der Waals surface area contributed by atoms with Crippen LogP contribution >= 0.6 is 23.1 Å². The van der Waals surface area contributed by atoms with Gasteiger partial charge >= 0.3 is 0 Å². The first-order chi connectivity index (χ1) is 16.6. The van der Waals surface area contributed by atoms with Crippen LogP contribution in [0.15, 0.2) is 80.4 Å². The molecule has 9 heteroatoms. The highest BCUT2D eigenvalue weighted by Crippen LogP contribution is 2.28.